The number of ether oxygens (including phenoxy) is 5. The monoisotopic (exact) mass is 485 g/mol. The predicted octanol–water partition coefficient (Wildman–Crippen LogP) is 0.690. The van der Waals surface area contributed by atoms with Gasteiger partial charge in [-0.05, 0) is 55.2 Å². The van der Waals surface area contributed by atoms with E-state index in [-0.39, 0.29) is 12.8 Å². The highest BCUT2D eigenvalue weighted by atomic mass is 16.8. The fourth-order valence-corrected chi connectivity index (χ4v) is 5.44. The van der Waals surface area contributed by atoms with Gasteiger partial charge in [0, 0.05) is 12.1 Å². The first-order chi connectivity index (χ1) is 16.9. The van der Waals surface area contributed by atoms with E-state index in [0.717, 1.165) is 22.4 Å². The fourth-order valence-electron chi connectivity index (χ4n) is 5.44. The van der Waals surface area contributed by atoms with E-state index in [1.807, 2.05) is 56.3 Å². The number of aliphatic hydroxyl groups excluding tert-OH is 3. The van der Waals surface area contributed by atoms with Crippen LogP contribution in [0.3, 0.4) is 0 Å². The van der Waals surface area contributed by atoms with Gasteiger partial charge in [0.15, 0.2) is 18.1 Å². The van der Waals surface area contributed by atoms with Gasteiger partial charge < -0.3 is 39.0 Å². The molecule has 9 heteroatoms. The van der Waals surface area contributed by atoms with Crippen molar-refractivity contribution < 1.29 is 39.0 Å². The number of aliphatic hydroxyl groups is 3. The van der Waals surface area contributed by atoms with Crippen LogP contribution in [0.1, 0.15) is 29.2 Å². The van der Waals surface area contributed by atoms with Crippen LogP contribution in [0.15, 0.2) is 42.5 Å². The molecule has 0 amide bonds. The minimum absolute atomic E-state index is 0.0475. The van der Waals surface area contributed by atoms with Gasteiger partial charge in [0.1, 0.15) is 30.2 Å². The Morgan fingerprint density at radius 2 is 1.86 bits per heavy atom. The van der Waals surface area contributed by atoms with Crippen molar-refractivity contribution in [3.63, 3.8) is 0 Å². The molecule has 188 valence electrons. The first kappa shape index (κ1) is 23.3. The molecule has 2 aromatic carbocycles. The minimum Gasteiger partial charge on any atom is -0.494 e. The van der Waals surface area contributed by atoms with Crippen LogP contribution < -0.4 is 10.1 Å². The summed E-state index contributed by atoms with van der Waals surface area (Å²) in [6.45, 7) is 4.90. The highest BCUT2D eigenvalue weighted by Gasteiger charge is 2.71. The van der Waals surface area contributed by atoms with Crippen molar-refractivity contribution in [2.24, 2.45) is 0 Å². The summed E-state index contributed by atoms with van der Waals surface area (Å²) in [5.74, 6) is -0.810. The number of hydrogen-bond donors (Lipinski definition) is 4. The molecule has 6 rings (SSSR count). The summed E-state index contributed by atoms with van der Waals surface area (Å²) in [6.07, 6.45) is -4.92. The Bertz CT molecular complexity index is 1100. The molecular formula is C26H31NO8. The first-order valence-corrected chi connectivity index (χ1v) is 12.1. The zero-order valence-electron chi connectivity index (χ0n) is 19.7. The molecule has 0 aliphatic carbocycles. The Balaban J connectivity index is 1.31. The maximum atomic E-state index is 11.1. The third-order valence-electron chi connectivity index (χ3n) is 7.57. The van der Waals surface area contributed by atoms with Gasteiger partial charge in [-0.1, -0.05) is 24.3 Å². The molecule has 4 saturated heterocycles. The van der Waals surface area contributed by atoms with Crippen molar-refractivity contribution in [3.8, 4) is 5.75 Å². The number of epoxide rings is 1. The molecule has 0 radical (unpaired) electrons. The van der Waals surface area contributed by atoms with Gasteiger partial charge in [0.2, 0.25) is 5.79 Å². The Labute approximate surface area is 203 Å². The summed E-state index contributed by atoms with van der Waals surface area (Å²) in [6, 6.07) is 13.7. The third kappa shape index (κ3) is 3.70. The molecule has 35 heavy (non-hydrogen) atoms. The second-order valence-electron chi connectivity index (χ2n) is 9.75. The second kappa shape index (κ2) is 8.50. The molecule has 2 bridgehead atoms. The Morgan fingerprint density at radius 3 is 2.60 bits per heavy atom. The molecule has 2 unspecified atom stereocenters. The number of morpholine rings is 1. The molecule has 0 spiro atoms. The summed E-state index contributed by atoms with van der Waals surface area (Å²) in [5.41, 5.74) is 2.43. The number of benzene rings is 2. The minimum atomic E-state index is -1.63. The fraction of sp³-hybridized carbons (Fsp3) is 0.538. The van der Waals surface area contributed by atoms with Crippen LogP contribution in [0.25, 0.3) is 0 Å². The standard InChI is InChI=1S/C26H31NO8/c1-3-31-18-8-5-15(6-9-18)10-16-11-17(7-4-14(16)2)26-22(30)20(28)21(29)25(35-26,13-32-26)19-12-27-23-24(33-19)34-23/h4-9,11,19-24,27-30H,3,10,12-13H2,1-2H3/t19-,20+,21+,22-,23?,24?,25-,26+/m1/s1. The summed E-state index contributed by atoms with van der Waals surface area (Å²) < 4.78 is 29.4. The van der Waals surface area contributed by atoms with E-state index in [0.29, 0.717) is 25.1 Å². The predicted molar refractivity (Wildman–Crippen MR) is 123 cm³/mol. The maximum Gasteiger partial charge on any atom is 0.225 e. The molecule has 4 N–H and O–H groups in total. The average molecular weight is 486 g/mol. The quantitative estimate of drug-likeness (QED) is 0.438. The smallest absolute Gasteiger partial charge is 0.225 e. The van der Waals surface area contributed by atoms with E-state index in [1.165, 1.54) is 0 Å². The van der Waals surface area contributed by atoms with Crippen LogP contribution in [-0.2, 0) is 31.2 Å². The second-order valence-corrected chi connectivity index (χ2v) is 9.75. The maximum absolute atomic E-state index is 11.1. The van der Waals surface area contributed by atoms with E-state index >= 15 is 0 Å². The lowest BCUT2D eigenvalue weighted by Gasteiger charge is -2.49. The summed E-state index contributed by atoms with van der Waals surface area (Å²) >= 11 is 0. The zero-order chi connectivity index (χ0) is 24.4. The van der Waals surface area contributed by atoms with Crippen molar-refractivity contribution in [1.29, 1.82) is 0 Å². The van der Waals surface area contributed by atoms with Crippen molar-refractivity contribution >= 4 is 0 Å². The topological polar surface area (TPSA) is 122 Å². The van der Waals surface area contributed by atoms with E-state index in [9.17, 15) is 15.3 Å². The van der Waals surface area contributed by atoms with Crippen LogP contribution in [0, 0.1) is 6.92 Å². The molecule has 0 saturated carbocycles. The molecule has 0 aromatic heterocycles. The van der Waals surface area contributed by atoms with E-state index in [2.05, 4.69) is 5.32 Å². The number of nitrogens with one attached hydrogen (secondary N) is 1. The highest BCUT2D eigenvalue weighted by molar-refractivity contribution is 5.40. The molecule has 8 atom stereocenters. The normalized spacial score (nSPS) is 39.8. The molecular weight excluding hydrogens is 454 g/mol. The van der Waals surface area contributed by atoms with Crippen molar-refractivity contribution in [1.82, 2.24) is 5.32 Å². The van der Waals surface area contributed by atoms with Crippen LogP contribution in [0.2, 0.25) is 0 Å². The largest absolute Gasteiger partial charge is 0.494 e. The Morgan fingerprint density at radius 1 is 1.06 bits per heavy atom. The number of rotatable bonds is 6. The SMILES string of the molecule is CCOc1ccc(Cc2cc([C@]34OC[C@]([C@H]5CNC6OC6O5)(O3)[C@@H](O)[C@H](O)[C@H]4O)ccc2C)cc1. The first-order valence-electron chi connectivity index (χ1n) is 12.1. The van der Waals surface area contributed by atoms with Crippen molar-refractivity contribution in [2.75, 3.05) is 19.8 Å². The van der Waals surface area contributed by atoms with Gasteiger partial charge in [-0.15, -0.1) is 0 Å². The van der Waals surface area contributed by atoms with Crippen molar-refractivity contribution in [2.45, 2.75) is 68.6 Å². The summed E-state index contributed by atoms with van der Waals surface area (Å²) in [4.78, 5) is 0. The van der Waals surface area contributed by atoms with Crippen LogP contribution in [0.5, 0.6) is 5.75 Å². The molecule has 4 fully saturated rings. The van der Waals surface area contributed by atoms with Gasteiger partial charge in [-0.3, -0.25) is 5.32 Å². The van der Waals surface area contributed by atoms with E-state index < -0.39 is 42.1 Å². The molecule has 4 heterocycles. The lowest BCUT2D eigenvalue weighted by Crippen LogP contribution is -2.70. The molecule has 2 aromatic rings. The summed E-state index contributed by atoms with van der Waals surface area (Å²) in [7, 11) is 0. The van der Waals surface area contributed by atoms with E-state index in [4.69, 9.17) is 23.7 Å². The van der Waals surface area contributed by atoms with Crippen molar-refractivity contribution in [3.05, 3.63) is 64.7 Å². The number of aryl methyl sites for hydroxylation is 1. The highest BCUT2D eigenvalue weighted by Crippen LogP contribution is 2.52. The van der Waals surface area contributed by atoms with E-state index in [1.54, 1.807) is 0 Å². The Hall–Kier alpha value is -2.08. The molecule has 4 aliphatic rings. The summed E-state index contributed by atoms with van der Waals surface area (Å²) in [5, 5.41) is 36.1. The van der Waals surface area contributed by atoms with Gasteiger partial charge >= 0.3 is 0 Å². The lowest BCUT2D eigenvalue weighted by molar-refractivity contribution is -0.342. The van der Waals surface area contributed by atoms with Gasteiger partial charge in [0.25, 0.3) is 0 Å². The van der Waals surface area contributed by atoms with Crippen LogP contribution in [-0.4, -0.2) is 77.6 Å². The van der Waals surface area contributed by atoms with Crippen LogP contribution in [0.4, 0.5) is 0 Å². The zero-order valence-corrected chi connectivity index (χ0v) is 19.7. The Kier molecular flexibility index (Phi) is 5.66. The molecule has 9 nitrogen and oxygen atoms in total. The van der Waals surface area contributed by atoms with Crippen LogP contribution >= 0.6 is 0 Å². The average Bonchev–Trinajstić information content (AvgIpc) is 3.55. The number of fused-ring (bicyclic) bond motifs is 3. The van der Waals surface area contributed by atoms with Gasteiger partial charge in [-0.2, -0.15) is 0 Å². The molecule has 4 aliphatic heterocycles. The lowest BCUT2D eigenvalue weighted by atomic mass is 9.80. The number of hydrogen-bond acceptors (Lipinski definition) is 9. The third-order valence-corrected chi connectivity index (χ3v) is 7.57. The van der Waals surface area contributed by atoms with Gasteiger partial charge in [0.05, 0.1) is 13.2 Å². The van der Waals surface area contributed by atoms with Gasteiger partial charge in [-0.25, -0.2) is 0 Å².